The summed E-state index contributed by atoms with van der Waals surface area (Å²) in [6.45, 7) is 13.5. The lowest BCUT2D eigenvalue weighted by Gasteiger charge is -2.30. The van der Waals surface area contributed by atoms with Gasteiger partial charge in [0.2, 0.25) is 0 Å². The van der Waals surface area contributed by atoms with Crippen molar-refractivity contribution in [2.24, 2.45) is 4.99 Å². The quantitative estimate of drug-likeness (QED) is 0.468. The molecule has 0 amide bonds. The molecule has 1 fully saturated rings. The van der Waals surface area contributed by atoms with Crippen LogP contribution < -0.4 is 10.6 Å². The molecule has 1 aliphatic rings. The zero-order valence-electron chi connectivity index (χ0n) is 15.9. The maximum atomic E-state index is 11.4. The average molecular weight is 362 g/mol. The van der Waals surface area contributed by atoms with E-state index in [0.717, 1.165) is 32.1 Å². The van der Waals surface area contributed by atoms with E-state index in [0.29, 0.717) is 25.2 Å². The molecule has 1 aliphatic heterocycles. The van der Waals surface area contributed by atoms with E-state index in [4.69, 9.17) is 0 Å². The first-order valence-electron chi connectivity index (χ1n) is 8.88. The number of hydrogen-bond acceptors (Lipinski definition) is 5. The zero-order chi connectivity index (χ0) is 18.2. The van der Waals surface area contributed by atoms with Gasteiger partial charge in [0.1, 0.15) is 0 Å². The Hall–Kier alpha value is -0.860. The Morgan fingerprint density at radius 3 is 2.12 bits per heavy atom. The van der Waals surface area contributed by atoms with Crippen molar-refractivity contribution in [3.8, 4) is 0 Å². The van der Waals surface area contributed by atoms with Crippen LogP contribution >= 0.6 is 0 Å². The van der Waals surface area contributed by atoms with E-state index in [1.165, 1.54) is 0 Å². The standard InChI is InChI=1S/C16H35N5O2S/c1-14(2)21(15(3)4)9-7-19-16(17-5)18-6-8-20-10-12-24(22,23)13-11-20/h14-15H,6-13H2,1-5H3,(H2,17,18,19). The number of hydrogen-bond donors (Lipinski definition) is 2. The van der Waals surface area contributed by atoms with Crippen molar-refractivity contribution < 1.29 is 8.42 Å². The molecular weight excluding hydrogens is 326 g/mol. The average Bonchev–Trinajstić information content (AvgIpc) is 2.50. The maximum absolute atomic E-state index is 11.4. The highest BCUT2D eigenvalue weighted by atomic mass is 32.2. The van der Waals surface area contributed by atoms with Gasteiger partial charge in [-0.2, -0.15) is 0 Å². The lowest BCUT2D eigenvalue weighted by Crippen LogP contribution is -2.48. The molecule has 8 heteroatoms. The van der Waals surface area contributed by atoms with Gasteiger partial charge < -0.3 is 10.6 Å². The molecular formula is C16H35N5O2S. The molecule has 1 rings (SSSR count). The van der Waals surface area contributed by atoms with Gasteiger partial charge in [0.15, 0.2) is 15.8 Å². The summed E-state index contributed by atoms with van der Waals surface area (Å²) < 4.78 is 22.8. The zero-order valence-corrected chi connectivity index (χ0v) is 16.7. The molecule has 7 nitrogen and oxygen atoms in total. The van der Waals surface area contributed by atoms with Crippen LogP contribution in [0.4, 0.5) is 0 Å². The molecule has 1 saturated heterocycles. The van der Waals surface area contributed by atoms with E-state index in [-0.39, 0.29) is 11.5 Å². The van der Waals surface area contributed by atoms with Crippen LogP contribution in [-0.4, -0.2) is 94.1 Å². The van der Waals surface area contributed by atoms with Crippen LogP contribution in [0.3, 0.4) is 0 Å². The number of guanidine groups is 1. The summed E-state index contributed by atoms with van der Waals surface area (Å²) in [5, 5.41) is 6.64. The maximum Gasteiger partial charge on any atom is 0.191 e. The highest BCUT2D eigenvalue weighted by Gasteiger charge is 2.21. The topological polar surface area (TPSA) is 77.0 Å². The molecule has 0 spiro atoms. The molecule has 0 aromatic rings. The summed E-state index contributed by atoms with van der Waals surface area (Å²) in [6.07, 6.45) is 0. The normalized spacial score (nSPS) is 19.2. The minimum Gasteiger partial charge on any atom is -0.355 e. The van der Waals surface area contributed by atoms with Gasteiger partial charge in [-0.1, -0.05) is 0 Å². The van der Waals surface area contributed by atoms with Gasteiger partial charge in [0.25, 0.3) is 0 Å². The van der Waals surface area contributed by atoms with Gasteiger partial charge in [0, 0.05) is 58.4 Å². The van der Waals surface area contributed by atoms with Crippen molar-refractivity contribution in [1.29, 1.82) is 0 Å². The molecule has 0 saturated carbocycles. The van der Waals surface area contributed by atoms with Crippen molar-refractivity contribution >= 4 is 15.8 Å². The Kier molecular flexibility index (Phi) is 9.01. The Bertz CT molecular complexity index is 469. The third kappa shape index (κ3) is 7.81. The Morgan fingerprint density at radius 2 is 1.62 bits per heavy atom. The number of nitrogens with one attached hydrogen (secondary N) is 2. The first kappa shape index (κ1) is 21.2. The van der Waals surface area contributed by atoms with Crippen molar-refractivity contribution in [2.45, 2.75) is 39.8 Å². The van der Waals surface area contributed by atoms with Crippen LogP contribution in [0.25, 0.3) is 0 Å². The fourth-order valence-electron chi connectivity index (χ4n) is 2.94. The SMILES string of the molecule is CN=C(NCCN1CCS(=O)(=O)CC1)NCCN(C(C)C)C(C)C. The smallest absolute Gasteiger partial charge is 0.191 e. The van der Waals surface area contributed by atoms with Crippen molar-refractivity contribution in [3.63, 3.8) is 0 Å². The van der Waals surface area contributed by atoms with Crippen molar-refractivity contribution in [1.82, 2.24) is 20.4 Å². The lowest BCUT2D eigenvalue weighted by atomic mass is 10.2. The van der Waals surface area contributed by atoms with Crippen LogP contribution in [0.2, 0.25) is 0 Å². The molecule has 1 heterocycles. The fourth-order valence-corrected chi connectivity index (χ4v) is 4.22. The highest BCUT2D eigenvalue weighted by molar-refractivity contribution is 7.91. The van der Waals surface area contributed by atoms with Crippen molar-refractivity contribution in [3.05, 3.63) is 0 Å². The Labute approximate surface area is 147 Å². The largest absolute Gasteiger partial charge is 0.355 e. The molecule has 0 bridgehead atoms. The summed E-state index contributed by atoms with van der Waals surface area (Å²) in [5.74, 6) is 1.35. The van der Waals surface area contributed by atoms with E-state index >= 15 is 0 Å². The van der Waals surface area contributed by atoms with E-state index in [9.17, 15) is 8.42 Å². The second-order valence-electron chi connectivity index (χ2n) is 6.84. The Balaban J connectivity index is 2.23. The van der Waals surface area contributed by atoms with E-state index < -0.39 is 9.84 Å². The molecule has 24 heavy (non-hydrogen) atoms. The van der Waals surface area contributed by atoms with Gasteiger partial charge in [-0.3, -0.25) is 14.8 Å². The van der Waals surface area contributed by atoms with E-state index in [1.807, 2.05) is 0 Å². The number of aliphatic imine (C=N–C) groups is 1. The minimum absolute atomic E-state index is 0.278. The van der Waals surface area contributed by atoms with Gasteiger partial charge in [0.05, 0.1) is 11.5 Å². The number of sulfone groups is 1. The molecule has 0 unspecified atom stereocenters. The molecule has 0 aromatic carbocycles. The van der Waals surface area contributed by atoms with Gasteiger partial charge in [-0.25, -0.2) is 8.42 Å². The second kappa shape index (κ2) is 10.2. The first-order valence-corrected chi connectivity index (χ1v) is 10.7. The lowest BCUT2D eigenvalue weighted by molar-refractivity contribution is 0.178. The van der Waals surface area contributed by atoms with Crippen LogP contribution in [0, 0.1) is 0 Å². The van der Waals surface area contributed by atoms with Crippen LogP contribution in [0.5, 0.6) is 0 Å². The summed E-state index contributed by atoms with van der Waals surface area (Å²) in [6, 6.07) is 1.05. The predicted octanol–water partition coefficient (Wildman–Crippen LogP) is 0.000600. The van der Waals surface area contributed by atoms with Gasteiger partial charge in [-0.15, -0.1) is 0 Å². The summed E-state index contributed by atoms with van der Waals surface area (Å²) in [7, 11) is -1.03. The Morgan fingerprint density at radius 1 is 1.08 bits per heavy atom. The molecule has 0 atom stereocenters. The van der Waals surface area contributed by atoms with E-state index in [1.54, 1.807) is 7.05 Å². The van der Waals surface area contributed by atoms with Crippen LogP contribution in [-0.2, 0) is 9.84 Å². The van der Waals surface area contributed by atoms with Crippen molar-refractivity contribution in [2.75, 3.05) is 57.8 Å². The summed E-state index contributed by atoms with van der Waals surface area (Å²) >= 11 is 0. The second-order valence-corrected chi connectivity index (χ2v) is 9.15. The molecule has 0 radical (unpaired) electrons. The third-order valence-corrected chi connectivity index (χ3v) is 5.98. The van der Waals surface area contributed by atoms with Crippen LogP contribution in [0.1, 0.15) is 27.7 Å². The van der Waals surface area contributed by atoms with Crippen LogP contribution in [0.15, 0.2) is 4.99 Å². The molecule has 0 aliphatic carbocycles. The molecule has 142 valence electrons. The monoisotopic (exact) mass is 361 g/mol. The summed E-state index contributed by atoms with van der Waals surface area (Å²) in [4.78, 5) is 8.86. The third-order valence-electron chi connectivity index (χ3n) is 4.37. The summed E-state index contributed by atoms with van der Waals surface area (Å²) in [5.41, 5.74) is 0. The van der Waals surface area contributed by atoms with Gasteiger partial charge in [-0.05, 0) is 27.7 Å². The molecule has 2 N–H and O–H groups in total. The highest BCUT2D eigenvalue weighted by Crippen LogP contribution is 2.03. The van der Waals surface area contributed by atoms with E-state index in [2.05, 4.69) is 53.1 Å². The predicted molar refractivity (Wildman–Crippen MR) is 101 cm³/mol. The first-order chi connectivity index (χ1) is 11.2. The fraction of sp³-hybridized carbons (Fsp3) is 0.938. The van der Waals surface area contributed by atoms with Gasteiger partial charge >= 0.3 is 0 Å². The minimum atomic E-state index is -2.80. The molecule has 0 aromatic heterocycles. The number of rotatable bonds is 8. The number of nitrogens with zero attached hydrogens (tertiary/aromatic N) is 3.